The van der Waals surface area contributed by atoms with Crippen molar-refractivity contribution >= 4 is 28.1 Å². The van der Waals surface area contributed by atoms with Crippen LogP contribution >= 0.6 is 22.8 Å². The molecule has 0 saturated carbocycles. The van der Waals surface area contributed by atoms with Crippen LogP contribution in [-0.2, 0) is 0 Å². The average Bonchev–Trinajstić information content (AvgIpc) is 2.89. The maximum Gasteiger partial charge on any atom is -0.00139 e. The topological polar surface area (TPSA) is 0 Å². The maximum atomic E-state index is 3.83. The predicted molar refractivity (Wildman–Crippen MR) is 145 cm³/mol. The minimum Gasteiger partial charge on any atom is -0.0622 e. The third-order valence-electron chi connectivity index (χ3n) is 5.70. The Balaban J connectivity index is 1.97. The summed E-state index contributed by atoms with van der Waals surface area (Å²) in [5.74, 6) is 0. The summed E-state index contributed by atoms with van der Waals surface area (Å²) in [4.78, 5) is 0. The molecule has 0 aliphatic heterocycles. The van der Waals surface area contributed by atoms with Crippen LogP contribution in [0.25, 0.3) is 44.5 Å². The standard InChI is InChI=1S/C30H22BrP/c31-32-27-21-26(22-13-5-1-6-14-22)28(23-15-7-2-8-16-23)30(25-19-11-4-12-20-25)29(27)24-17-9-3-10-18-24/h1-21,32H. The van der Waals surface area contributed by atoms with Crippen LogP contribution in [0.5, 0.6) is 0 Å². The SMILES string of the molecule is BrPc1cc(-c2ccccc2)c(-c2ccccc2)c(-c2ccccc2)c1-c1ccccc1. The van der Waals surface area contributed by atoms with Crippen molar-refractivity contribution in [2.45, 2.75) is 0 Å². The minimum absolute atomic E-state index is 0.503. The molecule has 0 nitrogen and oxygen atoms in total. The van der Waals surface area contributed by atoms with Crippen LogP contribution in [0, 0.1) is 0 Å². The molecule has 0 aromatic heterocycles. The monoisotopic (exact) mass is 492 g/mol. The molecule has 154 valence electrons. The van der Waals surface area contributed by atoms with E-state index >= 15 is 0 Å². The van der Waals surface area contributed by atoms with Crippen molar-refractivity contribution < 1.29 is 0 Å². The van der Waals surface area contributed by atoms with Gasteiger partial charge in [0.15, 0.2) is 0 Å². The Morgan fingerprint density at radius 2 is 0.781 bits per heavy atom. The quantitative estimate of drug-likeness (QED) is 0.214. The molecule has 2 heteroatoms. The first-order valence-electron chi connectivity index (χ1n) is 10.7. The number of halogens is 1. The van der Waals surface area contributed by atoms with Crippen LogP contribution in [0.3, 0.4) is 0 Å². The van der Waals surface area contributed by atoms with Gasteiger partial charge in [0, 0.05) is 0 Å². The van der Waals surface area contributed by atoms with Crippen molar-refractivity contribution in [2.75, 3.05) is 0 Å². The molecule has 0 saturated heterocycles. The summed E-state index contributed by atoms with van der Waals surface area (Å²) in [6, 6.07) is 45.4. The molecular weight excluding hydrogens is 471 g/mol. The Morgan fingerprint density at radius 1 is 0.406 bits per heavy atom. The van der Waals surface area contributed by atoms with Gasteiger partial charge in [-0.05, 0) is 63.2 Å². The van der Waals surface area contributed by atoms with E-state index in [9.17, 15) is 0 Å². The van der Waals surface area contributed by atoms with Gasteiger partial charge in [-0.25, -0.2) is 0 Å². The third kappa shape index (κ3) is 4.07. The van der Waals surface area contributed by atoms with E-state index in [1.807, 2.05) is 0 Å². The molecule has 5 rings (SSSR count). The number of hydrogen-bond donors (Lipinski definition) is 0. The predicted octanol–water partition coefficient (Wildman–Crippen LogP) is 8.97. The first-order chi connectivity index (χ1) is 15.9. The van der Waals surface area contributed by atoms with Gasteiger partial charge in [0.05, 0.1) is 0 Å². The van der Waals surface area contributed by atoms with E-state index in [0.717, 1.165) is 0 Å². The van der Waals surface area contributed by atoms with Gasteiger partial charge in [0.2, 0.25) is 0 Å². The van der Waals surface area contributed by atoms with Crippen molar-refractivity contribution in [3.8, 4) is 44.5 Å². The van der Waals surface area contributed by atoms with E-state index in [4.69, 9.17) is 0 Å². The van der Waals surface area contributed by atoms with Gasteiger partial charge in [-0.2, -0.15) is 0 Å². The summed E-state index contributed by atoms with van der Waals surface area (Å²) in [6.45, 7) is 0. The van der Waals surface area contributed by atoms with Crippen LogP contribution in [0.15, 0.2) is 127 Å². The zero-order valence-electron chi connectivity index (χ0n) is 17.5. The molecule has 1 atom stereocenters. The molecule has 0 radical (unpaired) electrons. The largest absolute Gasteiger partial charge is 0.0622 e. The lowest BCUT2D eigenvalue weighted by Crippen LogP contribution is -2.06. The fourth-order valence-electron chi connectivity index (χ4n) is 4.31. The Labute approximate surface area is 199 Å². The highest BCUT2D eigenvalue weighted by Gasteiger charge is 2.22. The number of benzene rings is 5. The lowest BCUT2D eigenvalue weighted by molar-refractivity contribution is 1.56. The summed E-state index contributed by atoms with van der Waals surface area (Å²) in [7, 11) is 0.503. The molecule has 0 fully saturated rings. The molecule has 1 unspecified atom stereocenters. The van der Waals surface area contributed by atoms with E-state index in [-0.39, 0.29) is 0 Å². The smallest absolute Gasteiger partial charge is 0.00139 e. The van der Waals surface area contributed by atoms with Gasteiger partial charge in [-0.3, -0.25) is 0 Å². The lowest BCUT2D eigenvalue weighted by Gasteiger charge is -2.23. The molecular formula is C30H22BrP. The molecule has 0 N–H and O–H groups in total. The molecule has 5 aromatic carbocycles. The summed E-state index contributed by atoms with van der Waals surface area (Å²) >= 11 is 3.83. The van der Waals surface area contributed by atoms with Crippen molar-refractivity contribution in [3.05, 3.63) is 127 Å². The first-order valence-corrected chi connectivity index (χ1v) is 13.9. The fraction of sp³-hybridized carbons (Fsp3) is 0. The van der Waals surface area contributed by atoms with Crippen molar-refractivity contribution in [3.63, 3.8) is 0 Å². The lowest BCUT2D eigenvalue weighted by atomic mass is 9.83. The third-order valence-corrected chi connectivity index (χ3v) is 7.58. The minimum atomic E-state index is 0.503. The highest BCUT2D eigenvalue weighted by atomic mass is 79.9. The van der Waals surface area contributed by atoms with Crippen LogP contribution in [0.4, 0.5) is 0 Å². The molecule has 0 aliphatic carbocycles. The summed E-state index contributed by atoms with van der Waals surface area (Å²) in [5, 5.41) is 1.31. The highest BCUT2D eigenvalue weighted by Crippen LogP contribution is 2.46. The van der Waals surface area contributed by atoms with Crippen LogP contribution in [0.2, 0.25) is 0 Å². The molecule has 5 aromatic rings. The highest BCUT2D eigenvalue weighted by molar-refractivity contribution is 9.37. The molecule has 0 bridgehead atoms. The summed E-state index contributed by atoms with van der Waals surface area (Å²) < 4.78 is 0. The first kappa shape index (κ1) is 20.9. The molecule has 0 aliphatic rings. The molecule has 32 heavy (non-hydrogen) atoms. The normalized spacial score (nSPS) is 11.2. The Morgan fingerprint density at radius 3 is 1.22 bits per heavy atom. The van der Waals surface area contributed by atoms with Gasteiger partial charge in [0.1, 0.15) is 0 Å². The van der Waals surface area contributed by atoms with Crippen molar-refractivity contribution in [1.82, 2.24) is 0 Å². The van der Waals surface area contributed by atoms with Crippen LogP contribution in [-0.4, -0.2) is 0 Å². The van der Waals surface area contributed by atoms with E-state index < -0.39 is 0 Å². The van der Waals surface area contributed by atoms with E-state index in [2.05, 4.69) is 143 Å². The second kappa shape index (κ2) is 9.65. The van der Waals surface area contributed by atoms with Crippen LogP contribution < -0.4 is 5.30 Å². The van der Waals surface area contributed by atoms with Crippen LogP contribution in [0.1, 0.15) is 0 Å². The molecule has 0 amide bonds. The zero-order valence-corrected chi connectivity index (χ0v) is 20.1. The Hall–Kier alpha value is -2.99. The number of hydrogen-bond acceptors (Lipinski definition) is 0. The van der Waals surface area contributed by atoms with Gasteiger partial charge in [-0.1, -0.05) is 137 Å². The fourth-order valence-corrected chi connectivity index (χ4v) is 5.81. The van der Waals surface area contributed by atoms with Gasteiger partial charge < -0.3 is 0 Å². The zero-order chi connectivity index (χ0) is 21.8. The average molecular weight is 493 g/mol. The molecule has 0 spiro atoms. The Bertz CT molecular complexity index is 1320. The number of rotatable bonds is 5. The van der Waals surface area contributed by atoms with E-state index in [1.165, 1.54) is 49.8 Å². The summed E-state index contributed by atoms with van der Waals surface area (Å²) in [6.07, 6.45) is 0. The van der Waals surface area contributed by atoms with Crippen molar-refractivity contribution in [2.24, 2.45) is 0 Å². The van der Waals surface area contributed by atoms with Gasteiger partial charge in [-0.15, -0.1) is 0 Å². The maximum absolute atomic E-state index is 3.83. The van der Waals surface area contributed by atoms with Crippen molar-refractivity contribution in [1.29, 1.82) is 0 Å². The molecule has 0 heterocycles. The van der Waals surface area contributed by atoms with Gasteiger partial charge >= 0.3 is 0 Å². The van der Waals surface area contributed by atoms with E-state index in [1.54, 1.807) is 0 Å². The second-order valence-electron chi connectivity index (χ2n) is 7.66. The Kier molecular flexibility index (Phi) is 6.30. The van der Waals surface area contributed by atoms with Gasteiger partial charge in [0.25, 0.3) is 0 Å². The van der Waals surface area contributed by atoms with E-state index in [0.29, 0.717) is 7.28 Å². The second-order valence-corrected chi connectivity index (χ2v) is 9.57. The summed E-state index contributed by atoms with van der Waals surface area (Å²) in [5.41, 5.74) is 10.0.